The lowest BCUT2D eigenvalue weighted by atomic mass is 10.2. The van der Waals surface area contributed by atoms with E-state index in [0.717, 1.165) is 32.2 Å². The first-order valence-corrected chi connectivity index (χ1v) is 5.58. The molecular weight excluding hydrogens is 162 g/mol. The molecular formula is C11H25NO. The Bertz CT molecular complexity index is 102. The van der Waals surface area contributed by atoms with Gasteiger partial charge >= 0.3 is 0 Å². The predicted octanol–water partition coefficient (Wildman–Crippen LogP) is 3.12. The summed E-state index contributed by atoms with van der Waals surface area (Å²) < 4.78 is 0. The molecule has 0 aromatic heterocycles. The van der Waals surface area contributed by atoms with E-state index in [9.17, 15) is 4.79 Å². The van der Waals surface area contributed by atoms with Crippen LogP contribution in [-0.4, -0.2) is 12.5 Å². The highest BCUT2D eigenvalue weighted by Crippen LogP contribution is 1.93. The number of carbonyl (C=O) groups is 1. The molecule has 0 aliphatic heterocycles. The van der Waals surface area contributed by atoms with Crippen LogP contribution in [0.4, 0.5) is 0 Å². The normalized spacial score (nSPS) is 8.62. The Morgan fingerprint density at radius 3 is 2.08 bits per heavy atom. The Labute approximate surface area is 83.1 Å². The van der Waals surface area contributed by atoms with Crippen molar-refractivity contribution < 1.29 is 4.79 Å². The molecule has 2 nitrogen and oxygen atoms in total. The molecule has 0 fully saturated rings. The fourth-order valence-electron chi connectivity index (χ4n) is 0.830. The van der Waals surface area contributed by atoms with E-state index in [1.807, 2.05) is 13.8 Å². The summed E-state index contributed by atoms with van der Waals surface area (Å²) in [5.41, 5.74) is 0. The summed E-state index contributed by atoms with van der Waals surface area (Å²) >= 11 is 0. The average molecular weight is 187 g/mol. The Balaban J connectivity index is 0. The zero-order valence-corrected chi connectivity index (χ0v) is 9.65. The number of nitrogens with one attached hydrogen (secondary N) is 1. The summed E-state index contributed by atoms with van der Waals surface area (Å²) in [4.78, 5) is 11.0. The van der Waals surface area contributed by atoms with E-state index >= 15 is 0 Å². The lowest BCUT2D eigenvalue weighted by Gasteiger charge is -2.02. The van der Waals surface area contributed by atoms with Gasteiger partial charge in [-0.3, -0.25) is 4.79 Å². The highest BCUT2D eigenvalue weighted by atomic mass is 16.1. The molecule has 0 rings (SSSR count). The summed E-state index contributed by atoms with van der Waals surface area (Å²) in [5, 5.41) is 2.88. The van der Waals surface area contributed by atoms with Crippen LogP contribution in [0.3, 0.4) is 0 Å². The number of rotatable bonds is 6. The van der Waals surface area contributed by atoms with Gasteiger partial charge in [0.15, 0.2) is 0 Å². The van der Waals surface area contributed by atoms with Gasteiger partial charge in [-0.05, 0) is 12.8 Å². The van der Waals surface area contributed by atoms with Gasteiger partial charge in [-0.25, -0.2) is 0 Å². The maximum atomic E-state index is 11.0. The molecule has 0 radical (unpaired) electrons. The summed E-state index contributed by atoms with van der Waals surface area (Å²) in [7, 11) is 0. The monoisotopic (exact) mass is 187 g/mol. The van der Waals surface area contributed by atoms with Crippen molar-refractivity contribution in [2.75, 3.05) is 6.54 Å². The van der Waals surface area contributed by atoms with Crippen molar-refractivity contribution in [2.24, 2.45) is 0 Å². The minimum absolute atomic E-state index is 0.209. The molecule has 0 atom stereocenters. The smallest absolute Gasteiger partial charge is 0.219 e. The maximum Gasteiger partial charge on any atom is 0.219 e. The molecule has 0 aromatic carbocycles. The van der Waals surface area contributed by atoms with Gasteiger partial charge in [0.1, 0.15) is 0 Å². The van der Waals surface area contributed by atoms with Crippen LogP contribution >= 0.6 is 0 Å². The molecule has 0 spiro atoms. The quantitative estimate of drug-likeness (QED) is 0.636. The molecule has 0 unspecified atom stereocenters. The second-order valence-corrected chi connectivity index (χ2v) is 2.81. The third-order valence-electron chi connectivity index (χ3n) is 1.61. The van der Waals surface area contributed by atoms with Gasteiger partial charge < -0.3 is 5.32 Å². The van der Waals surface area contributed by atoms with Crippen molar-refractivity contribution in [3.05, 3.63) is 0 Å². The zero-order valence-electron chi connectivity index (χ0n) is 9.65. The van der Waals surface area contributed by atoms with Crippen molar-refractivity contribution in [3.63, 3.8) is 0 Å². The SMILES string of the molecule is CC.CCCCNC(=O)CCCC. The van der Waals surface area contributed by atoms with Crippen LogP contribution in [0, 0.1) is 0 Å². The van der Waals surface area contributed by atoms with E-state index in [1.165, 1.54) is 0 Å². The van der Waals surface area contributed by atoms with Gasteiger partial charge in [-0.2, -0.15) is 0 Å². The Morgan fingerprint density at radius 1 is 1.08 bits per heavy atom. The van der Waals surface area contributed by atoms with Gasteiger partial charge in [-0.15, -0.1) is 0 Å². The van der Waals surface area contributed by atoms with Crippen LogP contribution in [0.2, 0.25) is 0 Å². The number of unbranched alkanes of at least 4 members (excludes halogenated alkanes) is 2. The molecule has 0 bridgehead atoms. The first-order chi connectivity index (χ1) is 6.31. The molecule has 0 aromatic rings. The fourth-order valence-corrected chi connectivity index (χ4v) is 0.830. The number of hydrogen-bond donors (Lipinski definition) is 1. The van der Waals surface area contributed by atoms with E-state index in [4.69, 9.17) is 0 Å². The van der Waals surface area contributed by atoms with E-state index in [-0.39, 0.29) is 5.91 Å². The molecule has 1 amide bonds. The standard InChI is InChI=1S/C9H19NO.C2H6/c1-3-5-7-9(11)10-8-6-4-2;1-2/h3-8H2,1-2H3,(H,10,11);1-2H3. The van der Waals surface area contributed by atoms with Gasteiger partial charge in [0.05, 0.1) is 0 Å². The topological polar surface area (TPSA) is 29.1 Å². The summed E-state index contributed by atoms with van der Waals surface area (Å²) in [6.45, 7) is 9.07. The highest BCUT2D eigenvalue weighted by Gasteiger charge is 1.97. The van der Waals surface area contributed by atoms with Crippen molar-refractivity contribution in [1.82, 2.24) is 5.32 Å². The van der Waals surface area contributed by atoms with Gasteiger partial charge in [-0.1, -0.05) is 40.5 Å². The van der Waals surface area contributed by atoms with Crippen LogP contribution in [-0.2, 0) is 4.79 Å². The maximum absolute atomic E-state index is 11.0. The van der Waals surface area contributed by atoms with Crippen LogP contribution in [0.15, 0.2) is 0 Å². The summed E-state index contributed by atoms with van der Waals surface area (Å²) in [6.07, 6.45) is 5.05. The van der Waals surface area contributed by atoms with E-state index in [2.05, 4.69) is 19.2 Å². The van der Waals surface area contributed by atoms with Crippen molar-refractivity contribution in [3.8, 4) is 0 Å². The summed E-state index contributed by atoms with van der Waals surface area (Å²) in [5.74, 6) is 0.209. The minimum Gasteiger partial charge on any atom is -0.356 e. The van der Waals surface area contributed by atoms with Crippen LogP contribution < -0.4 is 5.32 Å². The van der Waals surface area contributed by atoms with Gasteiger partial charge in [0.2, 0.25) is 5.91 Å². The van der Waals surface area contributed by atoms with Crippen molar-refractivity contribution in [2.45, 2.75) is 59.8 Å². The van der Waals surface area contributed by atoms with E-state index in [0.29, 0.717) is 6.42 Å². The molecule has 1 N–H and O–H groups in total. The third-order valence-corrected chi connectivity index (χ3v) is 1.61. The highest BCUT2D eigenvalue weighted by molar-refractivity contribution is 5.75. The van der Waals surface area contributed by atoms with Crippen LogP contribution in [0.5, 0.6) is 0 Å². The minimum atomic E-state index is 0.209. The molecule has 0 saturated heterocycles. The third kappa shape index (κ3) is 14.3. The Kier molecular flexibility index (Phi) is 16.1. The molecule has 0 saturated carbocycles. The van der Waals surface area contributed by atoms with Gasteiger partial charge in [0.25, 0.3) is 0 Å². The Morgan fingerprint density at radius 2 is 1.62 bits per heavy atom. The largest absolute Gasteiger partial charge is 0.356 e. The molecule has 0 aliphatic carbocycles. The molecule has 13 heavy (non-hydrogen) atoms. The lowest BCUT2D eigenvalue weighted by Crippen LogP contribution is -2.23. The number of amides is 1. The lowest BCUT2D eigenvalue weighted by molar-refractivity contribution is -0.121. The summed E-state index contributed by atoms with van der Waals surface area (Å²) in [6, 6.07) is 0. The fraction of sp³-hybridized carbons (Fsp3) is 0.909. The first-order valence-electron chi connectivity index (χ1n) is 5.58. The second-order valence-electron chi connectivity index (χ2n) is 2.81. The van der Waals surface area contributed by atoms with Crippen molar-refractivity contribution >= 4 is 5.91 Å². The molecule has 80 valence electrons. The predicted molar refractivity (Wildman–Crippen MR) is 58.8 cm³/mol. The second kappa shape index (κ2) is 14.0. The first kappa shape index (κ1) is 15.0. The molecule has 0 heterocycles. The molecule has 0 aliphatic rings. The number of hydrogen-bond acceptors (Lipinski definition) is 1. The number of carbonyl (C=O) groups excluding carboxylic acids is 1. The van der Waals surface area contributed by atoms with E-state index in [1.54, 1.807) is 0 Å². The van der Waals surface area contributed by atoms with Crippen LogP contribution in [0.25, 0.3) is 0 Å². The Hall–Kier alpha value is -0.530. The van der Waals surface area contributed by atoms with Gasteiger partial charge in [0, 0.05) is 13.0 Å². The average Bonchev–Trinajstić information content (AvgIpc) is 2.18. The van der Waals surface area contributed by atoms with Crippen LogP contribution in [0.1, 0.15) is 59.8 Å². The molecule has 2 heteroatoms. The zero-order chi connectivity index (χ0) is 10.5. The van der Waals surface area contributed by atoms with Crippen molar-refractivity contribution in [1.29, 1.82) is 0 Å². The van der Waals surface area contributed by atoms with E-state index < -0.39 is 0 Å².